The number of benzene rings is 2. The van der Waals surface area contributed by atoms with E-state index in [9.17, 15) is 19.1 Å². The van der Waals surface area contributed by atoms with Crippen molar-refractivity contribution in [2.45, 2.75) is 19.9 Å². The molecule has 164 valence electrons. The predicted molar refractivity (Wildman–Crippen MR) is 115 cm³/mol. The van der Waals surface area contributed by atoms with Crippen molar-refractivity contribution in [2.24, 2.45) is 0 Å². The molecule has 1 fully saturated rings. The third-order valence-corrected chi connectivity index (χ3v) is 5.34. The van der Waals surface area contributed by atoms with Crippen LogP contribution in [0, 0.1) is 12.7 Å². The van der Waals surface area contributed by atoms with Gasteiger partial charge in [-0.15, -0.1) is 0 Å². The van der Waals surface area contributed by atoms with Gasteiger partial charge in [0, 0.05) is 11.1 Å². The summed E-state index contributed by atoms with van der Waals surface area (Å²) < 4.78 is 20.3. The molecule has 0 radical (unpaired) electrons. The van der Waals surface area contributed by atoms with E-state index in [2.05, 4.69) is 0 Å². The SMILES string of the molecule is CCOc1ccc(C(O)=C2C(=O)C(=O)N(CC[NH+](C)C)[C@@H]2c2ccccc2F)cc1C. The maximum Gasteiger partial charge on any atom is 0.295 e. The third kappa shape index (κ3) is 4.46. The van der Waals surface area contributed by atoms with E-state index in [1.807, 2.05) is 27.9 Å². The Bertz CT molecular complexity index is 1030. The number of quaternary nitrogens is 1. The number of ether oxygens (including phenoxy) is 1. The van der Waals surface area contributed by atoms with Crippen LogP contribution in [-0.2, 0) is 9.59 Å². The smallest absolute Gasteiger partial charge is 0.295 e. The van der Waals surface area contributed by atoms with Gasteiger partial charge in [0.05, 0.1) is 45.4 Å². The number of aliphatic hydroxyl groups is 1. The van der Waals surface area contributed by atoms with Crippen LogP contribution in [0.25, 0.3) is 5.76 Å². The number of likely N-dealkylation sites (tertiary alicyclic amines) is 1. The van der Waals surface area contributed by atoms with Crippen molar-refractivity contribution in [3.8, 4) is 5.75 Å². The molecular weight excluding hydrogens is 399 g/mol. The molecule has 6 nitrogen and oxygen atoms in total. The molecule has 0 bridgehead atoms. The van der Waals surface area contributed by atoms with Gasteiger partial charge in [0.15, 0.2) is 0 Å². The molecule has 7 heteroatoms. The van der Waals surface area contributed by atoms with E-state index in [0.717, 1.165) is 10.5 Å². The fraction of sp³-hybridized carbons (Fsp3) is 0.333. The average molecular weight is 427 g/mol. The molecule has 1 saturated heterocycles. The average Bonchev–Trinajstić information content (AvgIpc) is 2.98. The number of nitrogens with zero attached hydrogens (tertiary/aromatic N) is 1. The van der Waals surface area contributed by atoms with E-state index in [1.165, 1.54) is 17.0 Å². The molecular formula is C24H28FN2O4+. The zero-order chi connectivity index (χ0) is 22.7. The van der Waals surface area contributed by atoms with Crippen LogP contribution in [0.2, 0.25) is 0 Å². The van der Waals surface area contributed by atoms with E-state index in [-0.39, 0.29) is 23.4 Å². The lowest BCUT2D eigenvalue weighted by atomic mass is 9.94. The maximum atomic E-state index is 14.7. The normalized spacial score (nSPS) is 18.1. The molecule has 0 saturated carbocycles. The Morgan fingerprint density at radius 3 is 2.52 bits per heavy atom. The summed E-state index contributed by atoms with van der Waals surface area (Å²) in [7, 11) is 3.86. The number of amides is 1. The summed E-state index contributed by atoms with van der Waals surface area (Å²) in [6.07, 6.45) is 0. The molecule has 2 N–H and O–H groups in total. The summed E-state index contributed by atoms with van der Waals surface area (Å²) in [5, 5.41) is 11.1. The van der Waals surface area contributed by atoms with Crippen LogP contribution < -0.4 is 9.64 Å². The minimum Gasteiger partial charge on any atom is -0.507 e. The fourth-order valence-electron chi connectivity index (χ4n) is 3.74. The first-order valence-electron chi connectivity index (χ1n) is 10.3. The molecule has 3 rings (SSSR count). The number of ketones is 1. The Morgan fingerprint density at radius 2 is 1.90 bits per heavy atom. The molecule has 0 aromatic heterocycles. The van der Waals surface area contributed by atoms with Gasteiger partial charge in [-0.1, -0.05) is 18.2 Å². The molecule has 1 heterocycles. The van der Waals surface area contributed by atoms with Crippen molar-refractivity contribution in [3.05, 3.63) is 70.5 Å². The van der Waals surface area contributed by atoms with Crippen LogP contribution in [0.4, 0.5) is 4.39 Å². The van der Waals surface area contributed by atoms with Crippen LogP contribution >= 0.6 is 0 Å². The van der Waals surface area contributed by atoms with Crippen molar-refractivity contribution >= 4 is 17.4 Å². The van der Waals surface area contributed by atoms with Gasteiger partial charge < -0.3 is 19.6 Å². The number of hydrogen-bond donors (Lipinski definition) is 2. The molecule has 1 aliphatic heterocycles. The number of aryl methyl sites for hydroxylation is 1. The Labute approximate surface area is 181 Å². The molecule has 0 unspecified atom stereocenters. The lowest BCUT2D eigenvalue weighted by Gasteiger charge is -2.26. The summed E-state index contributed by atoms with van der Waals surface area (Å²) in [5.74, 6) is -1.74. The molecule has 1 aliphatic rings. The van der Waals surface area contributed by atoms with Gasteiger partial charge in [-0.2, -0.15) is 0 Å². The summed E-state index contributed by atoms with van der Waals surface area (Å²) in [4.78, 5) is 28.2. The van der Waals surface area contributed by atoms with E-state index in [0.29, 0.717) is 24.5 Å². The number of nitrogens with one attached hydrogen (secondary N) is 1. The number of halogens is 1. The summed E-state index contributed by atoms with van der Waals surface area (Å²) in [6.45, 7) is 5.02. The first-order valence-corrected chi connectivity index (χ1v) is 10.3. The molecule has 1 amide bonds. The van der Waals surface area contributed by atoms with E-state index in [4.69, 9.17) is 4.74 Å². The van der Waals surface area contributed by atoms with Gasteiger partial charge in [0.25, 0.3) is 11.7 Å². The Hall–Kier alpha value is -3.19. The zero-order valence-corrected chi connectivity index (χ0v) is 18.2. The lowest BCUT2D eigenvalue weighted by molar-refractivity contribution is -0.857. The van der Waals surface area contributed by atoms with Crippen LogP contribution in [0.5, 0.6) is 5.75 Å². The highest BCUT2D eigenvalue weighted by atomic mass is 19.1. The fourth-order valence-corrected chi connectivity index (χ4v) is 3.74. The molecule has 31 heavy (non-hydrogen) atoms. The first-order chi connectivity index (χ1) is 14.8. The molecule has 1 atom stereocenters. The Kier molecular flexibility index (Phi) is 6.75. The second-order valence-corrected chi connectivity index (χ2v) is 7.88. The number of likely N-dealkylation sites (N-methyl/N-ethyl adjacent to an activating group) is 1. The number of Topliss-reactive ketones (excluding diaryl/α,β-unsaturated/α-hetero) is 1. The summed E-state index contributed by atoms with van der Waals surface area (Å²) in [6, 6.07) is 10.1. The van der Waals surface area contributed by atoms with Crippen LogP contribution in [0.3, 0.4) is 0 Å². The van der Waals surface area contributed by atoms with Gasteiger partial charge in [-0.25, -0.2) is 4.39 Å². The van der Waals surface area contributed by atoms with Crippen molar-refractivity contribution in [3.63, 3.8) is 0 Å². The Morgan fingerprint density at radius 1 is 1.19 bits per heavy atom. The Balaban J connectivity index is 2.15. The van der Waals surface area contributed by atoms with E-state index in [1.54, 1.807) is 30.3 Å². The standard InChI is InChI=1S/C24H27FN2O4/c1-5-31-19-11-10-16(14-15(19)2)22(28)20-21(17-8-6-7-9-18(17)25)27(13-12-26(3)4)24(30)23(20)29/h6-11,14,21,28H,5,12-13H2,1-4H3/p+1/t21-/m1/s1. The minimum atomic E-state index is -0.993. The van der Waals surface area contributed by atoms with Gasteiger partial charge in [0.1, 0.15) is 17.3 Å². The first kappa shape index (κ1) is 22.5. The molecule has 0 aliphatic carbocycles. The van der Waals surface area contributed by atoms with Gasteiger partial charge in [-0.05, 0) is 43.7 Å². The highest BCUT2D eigenvalue weighted by Crippen LogP contribution is 2.40. The second-order valence-electron chi connectivity index (χ2n) is 7.88. The number of carbonyl (C=O) groups excluding carboxylic acids is 2. The second kappa shape index (κ2) is 9.31. The molecule has 2 aromatic rings. The highest BCUT2D eigenvalue weighted by Gasteiger charge is 2.47. The number of rotatable bonds is 7. The number of carbonyl (C=O) groups is 2. The summed E-state index contributed by atoms with van der Waals surface area (Å²) in [5.41, 5.74) is 1.23. The van der Waals surface area contributed by atoms with Crippen molar-refractivity contribution in [1.82, 2.24) is 4.90 Å². The lowest BCUT2D eigenvalue weighted by Crippen LogP contribution is -3.06. The zero-order valence-electron chi connectivity index (χ0n) is 18.2. The van der Waals surface area contributed by atoms with E-state index < -0.39 is 23.5 Å². The topological polar surface area (TPSA) is 71.3 Å². The predicted octanol–water partition coefficient (Wildman–Crippen LogP) is 2.10. The largest absolute Gasteiger partial charge is 0.507 e. The highest BCUT2D eigenvalue weighted by molar-refractivity contribution is 6.46. The maximum absolute atomic E-state index is 14.7. The van der Waals surface area contributed by atoms with Crippen LogP contribution in [0.15, 0.2) is 48.0 Å². The molecule has 0 spiro atoms. The number of aliphatic hydroxyl groups excluding tert-OH is 1. The van der Waals surface area contributed by atoms with Crippen molar-refractivity contribution in [2.75, 3.05) is 33.8 Å². The number of hydrogen-bond acceptors (Lipinski definition) is 4. The minimum absolute atomic E-state index is 0.104. The summed E-state index contributed by atoms with van der Waals surface area (Å²) >= 11 is 0. The van der Waals surface area contributed by atoms with Crippen molar-refractivity contribution in [1.29, 1.82) is 0 Å². The van der Waals surface area contributed by atoms with Gasteiger partial charge in [-0.3, -0.25) is 9.59 Å². The van der Waals surface area contributed by atoms with Gasteiger partial charge in [0.2, 0.25) is 0 Å². The molecule has 2 aromatic carbocycles. The van der Waals surface area contributed by atoms with Gasteiger partial charge >= 0.3 is 0 Å². The van der Waals surface area contributed by atoms with Crippen molar-refractivity contribution < 1.29 is 28.7 Å². The monoisotopic (exact) mass is 427 g/mol. The van der Waals surface area contributed by atoms with Crippen LogP contribution in [-0.4, -0.2) is 55.5 Å². The van der Waals surface area contributed by atoms with Crippen LogP contribution in [0.1, 0.15) is 29.7 Å². The van der Waals surface area contributed by atoms with E-state index >= 15 is 0 Å². The third-order valence-electron chi connectivity index (χ3n) is 5.34. The quantitative estimate of drug-likeness (QED) is 0.403.